The molecule has 3 nitrogen and oxygen atoms in total. The fourth-order valence-electron chi connectivity index (χ4n) is 2.38. The summed E-state index contributed by atoms with van der Waals surface area (Å²) in [4.78, 5) is 0. The average Bonchev–Trinajstić information content (AvgIpc) is 3.04. The van der Waals surface area contributed by atoms with Gasteiger partial charge < -0.3 is 14.5 Å². The lowest BCUT2D eigenvalue weighted by molar-refractivity contribution is 0.358. The normalized spacial score (nSPS) is 13.4. The number of benzene rings is 1. The summed E-state index contributed by atoms with van der Waals surface area (Å²) in [6.45, 7) is 4.56. The van der Waals surface area contributed by atoms with Gasteiger partial charge in [-0.25, -0.2) is 0 Å². The molecule has 94 valence electrons. The molecule has 1 aliphatic rings. The van der Waals surface area contributed by atoms with Gasteiger partial charge in [-0.3, -0.25) is 0 Å². The quantitative estimate of drug-likeness (QED) is 0.896. The Morgan fingerprint density at radius 1 is 1.22 bits per heavy atom. The molecule has 0 aliphatic carbocycles. The molecule has 0 unspecified atom stereocenters. The number of fused-ring (bicyclic) bond motifs is 1. The zero-order chi connectivity index (χ0) is 12.4. The molecule has 0 amide bonds. The molecule has 0 saturated carbocycles. The van der Waals surface area contributed by atoms with E-state index in [0.29, 0.717) is 0 Å². The Morgan fingerprint density at radius 2 is 2.17 bits per heavy atom. The summed E-state index contributed by atoms with van der Waals surface area (Å²) < 4.78 is 11.3. The van der Waals surface area contributed by atoms with Crippen molar-refractivity contribution in [2.45, 2.75) is 19.9 Å². The fraction of sp³-hybridized carbons (Fsp3) is 0.333. The number of ether oxygens (including phenoxy) is 1. The molecule has 2 aromatic rings. The Kier molecular flexibility index (Phi) is 3.07. The molecule has 1 aliphatic heterocycles. The molecule has 0 bridgehead atoms. The maximum atomic E-state index is 5.75. The fourth-order valence-corrected chi connectivity index (χ4v) is 2.38. The molecule has 0 saturated heterocycles. The molecule has 3 rings (SSSR count). The molecule has 1 N–H and O–H groups in total. The van der Waals surface area contributed by atoms with Crippen molar-refractivity contribution in [3.63, 3.8) is 0 Å². The van der Waals surface area contributed by atoms with E-state index in [1.54, 1.807) is 6.26 Å². The van der Waals surface area contributed by atoms with Crippen molar-refractivity contribution in [3.8, 4) is 16.9 Å². The van der Waals surface area contributed by atoms with Gasteiger partial charge >= 0.3 is 0 Å². The van der Waals surface area contributed by atoms with Gasteiger partial charge in [0.05, 0.1) is 19.4 Å². The number of hydrogen-bond acceptors (Lipinski definition) is 3. The summed E-state index contributed by atoms with van der Waals surface area (Å²) in [6.07, 6.45) is 2.75. The number of furan rings is 1. The van der Waals surface area contributed by atoms with Crippen LogP contribution in [0.25, 0.3) is 11.1 Å². The monoisotopic (exact) mass is 243 g/mol. The molecule has 18 heavy (non-hydrogen) atoms. The van der Waals surface area contributed by atoms with E-state index in [1.165, 1.54) is 5.56 Å². The summed E-state index contributed by atoms with van der Waals surface area (Å²) in [6, 6.07) is 8.34. The first-order valence-electron chi connectivity index (χ1n) is 6.42. The summed E-state index contributed by atoms with van der Waals surface area (Å²) in [5.74, 6) is 2.00. The second-order valence-electron chi connectivity index (χ2n) is 4.43. The Labute approximate surface area is 107 Å². The first-order valence-corrected chi connectivity index (χ1v) is 6.42. The van der Waals surface area contributed by atoms with E-state index in [9.17, 15) is 0 Å². The van der Waals surface area contributed by atoms with Gasteiger partial charge in [-0.1, -0.05) is 25.1 Å². The highest BCUT2D eigenvalue weighted by Crippen LogP contribution is 2.38. The van der Waals surface area contributed by atoms with Crippen LogP contribution in [-0.4, -0.2) is 13.2 Å². The van der Waals surface area contributed by atoms with E-state index in [0.717, 1.165) is 48.8 Å². The van der Waals surface area contributed by atoms with Crippen molar-refractivity contribution < 1.29 is 9.15 Å². The highest BCUT2D eigenvalue weighted by atomic mass is 16.5. The number of hydrogen-bond donors (Lipinski definition) is 1. The van der Waals surface area contributed by atoms with Crippen molar-refractivity contribution in [2.24, 2.45) is 0 Å². The molecular weight excluding hydrogens is 226 g/mol. The Bertz CT molecular complexity index is 545. The molecule has 0 atom stereocenters. The maximum Gasteiger partial charge on any atom is 0.130 e. The molecule has 0 radical (unpaired) electrons. The lowest BCUT2D eigenvalue weighted by Gasteiger charge is -2.08. The van der Waals surface area contributed by atoms with Crippen molar-refractivity contribution in [1.82, 2.24) is 5.32 Å². The van der Waals surface area contributed by atoms with Gasteiger partial charge in [-0.05, 0) is 18.2 Å². The van der Waals surface area contributed by atoms with Crippen LogP contribution in [0.3, 0.4) is 0 Å². The van der Waals surface area contributed by atoms with Crippen molar-refractivity contribution in [3.05, 3.63) is 41.9 Å². The minimum Gasteiger partial charge on any atom is -0.492 e. The van der Waals surface area contributed by atoms with Crippen LogP contribution < -0.4 is 10.1 Å². The largest absolute Gasteiger partial charge is 0.492 e. The van der Waals surface area contributed by atoms with Gasteiger partial charge in [0.15, 0.2) is 0 Å². The minimum absolute atomic E-state index is 0.752. The van der Waals surface area contributed by atoms with E-state index in [2.05, 4.69) is 30.4 Å². The predicted molar refractivity (Wildman–Crippen MR) is 70.7 cm³/mol. The van der Waals surface area contributed by atoms with Crippen LogP contribution in [-0.2, 0) is 13.0 Å². The summed E-state index contributed by atoms with van der Waals surface area (Å²) in [5.41, 5.74) is 3.57. The van der Waals surface area contributed by atoms with Gasteiger partial charge in [0.25, 0.3) is 0 Å². The van der Waals surface area contributed by atoms with Crippen molar-refractivity contribution in [2.75, 3.05) is 13.2 Å². The number of nitrogens with one attached hydrogen (secondary N) is 1. The van der Waals surface area contributed by atoms with E-state index >= 15 is 0 Å². The lowest BCUT2D eigenvalue weighted by Crippen LogP contribution is -2.11. The molecule has 3 heteroatoms. The summed E-state index contributed by atoms with van der Waals surface area (Å²) in [5, 5.41) is 3.29. The molecule has 1 aromatic carbocycles. The predicted octanol–water partition coefficient (Wildman–Crippen LogP) is 2.99. The van der Waals surface area contributed by atoms with Gasteiger partial charge in [-0.2, -0.15) is 0 Å². The highest BCUT2D eigenvalue weighted by Gasteiger charge is 2.19. The molecule has 2 heterocycles. The van der Waals surface area contributed by atoms with Crippen molar-refractivity contribution in [1.29, 1.82) is 0 Å². The van der Waals surface area contributed by atoms with Crippen LogP contribution in [0.4, 0.5) is 0 Å². The van der Waals surface area contributed by atoms with Crippen LogP contribution in [0.5, 0.6) is 5.75 Å². The SMILES string of the molecule is CCNCc1occc1-c1cccc2c1OCC2. The Balaban J connectivity index is 2.00. The molecular formula is C15H17NO2. The van der Waals surface area contributed by atoms with Crippen LogP contribution in [0.2, 0.25) is 0 Å². The number of para-hydroxylation sites is 1. The van der Waals surface area contributed by atoms with E-state index < -0.39 is 0 Å². The Morgan fingerprint density at radius 3 is 3.06 bits per heavy atom. The highest BCUT2D eigenvalue weighted by molar-refractivity contribution is 5.74. The first-order chi connectivity index (χ1) is 8.90. The lowest BCUT2D eigenvalue weighted by atomic mass is 10.0. The molecule has 0 fully saturated rings. The molecule has 0 spiro atoms. The zero-order valence-electron chi connectivity index (χ0n) is 10.5. The van der Waals surface area contributed by atoms with Crippen molar-refractivity contribution >= 4 is 0 Å². The zero-order valence-corrected chi connectivity index (χ0v) is 10.5. The standard InChI is InChI=1S/C15H17NO2/c1-2-16-10-14-12(7-9-17-14)13-5-3-4-11-6-8-18-15(11)13/h3-5,7,9,16H,2,6,8,10H2,1H3. The van der Waals surface area contributed by atoms with E-state index in [4.69, 9.17) is 9.15 Å². The minimum atomic E-state index is 0.752. The van der Waals surface area contributed by atoms with E-state index in [-0.39, 0.29) is 0 Å². The Hall–Kier alpha value is -1.74. The molecule has 1 aromatic heterocycles. The van der Waals surface area contributed by atoms with Gasteiger partial charge in [-0.15, -0.1) is 0 Å². The second kappa shape index (κ2) is 4.86. The van der Waals surface area contributed by atoms with Crippen LogP contribution in [0.15, 0.2) is 34.9 Å². The third-order valence-corrected chi connectivity index (χ3v) is 3.29. The summed E-state index contributed by atoms with van der Waals surface area (Å²) in [7, 11) is 0. The topological polar surface area (TPSA) is 34.4 Å². The van der Waals surface area contributed by atoms with Crippen LogP contribution in [0, 0.1) is 0 Å². The summed E-state index contributed by atoms with van der Waals surface area (Å²) >= 11 is 0. The second-order valence-corrected chi connectivity index (χ2v) is 4.43. The van der Waals surface area contributed by atoms with E-state index in [1.807, 2.05) is 6.07 Å². The first kappa shape index (κ1) is 11.4. The third kappa shape index (κ3) is 1.91. The smallest absolute Gasteiger partial charge is 0.130 e. The third-order valence-electron chi connectivity index (χ3n) is 3.29. The van der Waals surface area contributed by atoms with Crippen LogP contribution in [0.1, 0.15) is 18.2 Å². The van der Waals surface area contributed by atoms with Gasteiger partial charge in [0, 0.05) is 17.5 Å². The van der Waals surface area contributed by atoms with Crippen LogP contribution >= 0.6 is 0 Å². The average molecular weight is 243 g/mol. The van der Waals surface area contributed by atoms with Gasteiger partial charge in [0.1, 0.15) is 11.5 Å². The van der Waals surface area contributed by atoms with Gasteiger partial charge in [0.2, 0.25) is 0 Å². The number of rotatable bonds is 4. The maximum absolute atomic E-state index is 5.75.